The molecule has 19 N–H and O–H groups in total. The van der Waals surface area contributed by atoms with Gasteiger partial charge in [0.1, 0.15) is 146 Å². The Morgan fingerprint density at radius 1 is 0.462 bits per heavy atom. The van der Waals surface area contributed by atoms with Gasteiger partial charge < -0.3 is 163 Å². The summed E-state index contributed by atoms with van der Waals surface area (Å²) in [5, 5.41) is 207. The molecule has 0 unspecified atom stereocenters. The average Bonchev–Trinajstić information content (AvgIpc) is 0.675. The van der Waals surface area contributed by atoms with Gasteiger partial charge in [0.05, 0.1) is 56.8 Å². The van der Waals surface area contributed by atoms with Crippen LogP contribution in [0, 0.1) is 50.2 Å². The number of esters is 1. The van der Waals surface area contributed by atoms with Crippen molar-refractivity contribution in [2.45, 2.75) is 335 Å². The molecule has 34 heteroatoms. The van der Waals surface area contributed by atoms with E-state index < -0.39 is 257 Å². The Bertz CT molecular complexity index is 2950. The number of allylic oxidation sites excluding steroid dienone is 2. The number of hydrogen-bond acceptors (Lipinski definition) is 34. The van der Waals surface area contributed by atoms with Crippen molar-refractivity contribution < 1.29 is 168 Å². The van der Waals surface area contributed by atoms with Crippen LogP contribution in [-0.2, 0) is 71.1 Å². The number of ether oxygens (including phenoxy) is 14. The number of aliphatic hydroxyl groups is 19. The summed E-state index contributed by atoms with van der Waals surface area (Å²) in [7, 11) is 0. The highest BCUT2D eigenvalue weighted by molar-refractivity contribution is 5.79. The fraction of sp³-hybridized carbons (Fsp3) is 0.957. The lowest BCUT2D eigenvalue weighted by Gasteiger charge is -2.71. The van der Waals surface area contributed by atoms with Gasteiger partial charge in [-0.05, 0) is 123 Å². The first-order chi connectivity index (χ1) is 48.8. The van der Waals surface area contributed by atoms with Crippen LogP contribution in [0.2, 0.25) is 0 Å². The SMILES string of the molecule is C[C@@H]1O[C@H](O[C@@H]2[C@@H](O)[C@H](O)[C@@H](OC[C@@H]3O[C@H](OC(=O)[C@@]45CCC(C)(C)C[C@H]4C4=CC[C@H]6[C@]7(C)CC[C@H](O[C@H]8OC[C@H](O)[C@@H](O)[C@@H]8O[C@H]8O[C@@H](C)[C@H](O)[C@@H](O[C@H]9OC[C@H](O[C@H]%10O[C@@H](CO)[C@H](O)[C@@H](O)[C@@H]%10O)[C@@H](O)[C@@H]9O)[C@@H]8O)C(C)(C)[C@H]7CC[C@@]6(C)[C@]4(C)CC5)[C@@H](O)[C@H](O)[C@H]3O)O[C@H]2CO)[C@@H](O)[C@H](O)[C@H]1O. The van der Waals surface area contributed by atoms with Crippen molar-refractivity contribution in [3.05, 3.63) is 11.6 Å². The van der Waals surface area contributed by atoms with Gasteiger partial charge in [0.25, 0.3) is 0 Å². The Balaban J connectivity index is 0.696. The summed E-state index contributed by atoms with van der Waals surface area (Å²) in [5.41, 5.74) is -1.63. The zero-order valence-corrected chi connectivity index (χ0v) is 60.2. The third-order valence-corrected chi connectivity index (χ3v) is 26.9. The zero-order chi connectivity index (χ0) is 75.7. The Morgan fingerprint density at radius 3 is 1.68 bits per heavy atom. The van der Waals surface area contributed by atoms with Gasteiger partial charge in [-0.2, -0.15) is 0 Å². The van der Waals surface area contributed by atoms with E-state index in [9.17, 15) is 97.0 Å². The summed E-state index contributed by atoms with van der Waals surface area (Å²) in [6, 6.07) is 0. The fourth-order valence-corrected chi connectivity index (χ4v) is 20.2. The summed E-state index contributed by atoms with van der Waals surface area (Å²) in [4.78, 5) is 15.4. The lowest BCUT2D eigenvalue weighted by atomic mass is 9.33. The van der Waals surface area contributed by atoms with Crippen LogP contribution in [0.15, 0.2) is 11.6 Å². The van der Waals surface area contributed by atoms with Gasteiger partial charge in [0.15, 0.2) is 37.7 Å². The largest absolute Gasteiger partial charge is 0.432 e. The zero-order valence-electron chi connectivity index (χ0n) is 60.2. The van der Waals surface area contributed by atoms with Crippen molar-refractivity contribution in [2.75, 3.05) is 33.0 Å². The van der Waals surface area contributed by atoms with Crippen molar-refractivity contribution >= 4 is 5.97 Å². The molecule has 0 radical (unpaired) electrons. The molecule has 7 saturated heterocycles. The van der Waals surface area contributed by atoms with E-state index in [1.165, 1.54) is 19.4 Å². The molecule has 0 aromatic rings. The fourth-order valence-electron chi connectivity index (χ4n) is 20.2. The quantitative estimate of drug-likeness (QED) is 0.0368. The molecular weight excluding hydrogens is 1380 g/mol. The smallest absolute Gasteiger partial charge is 0.315 e. The molecule has 5 aliphatic carbocycles. The molecular formula is C70H114O34. The summed E-state index contributed by atoms with van der Waals surface area (Å²) >= 11 is 0. The van der Waals surface area contributed by atoms with Crippen molar-refractivity contribution in [2.24, 2.45) is 50.2 Å². The van der Waals surface area contributed by atoms with E-state index in [1.54, 1.807) is 0 Å². The monoisotopic (exact) mass is 1500 g/mol. The standard InChI is InChI=1S/C70H114O34/c1-26-38(74)44(80)49(85)59(94-26)101-54-32(22-72)97-57(52(88)47(54)83)92-24-33-42(78)46(82)51(87)61(99-33)104-64(90)70-18-16-65(3,4)20-29(70)28-10-11-36-67(7)14-13-37(66(5,6)35(67)12-15-69(36,9)68(28,8)17-19-70)100-63-56(40(76)30(73)23-91-63)103-62-53(89)55(39(75)27(2)95-62)102-58-48(84)43(79)34(25-93-58)98-60-50(86)45(81)41(77)31(21-71)96-60/h10,26-27,29-63,71-89H,11-25H2,1-9H3/t26-,27-,29-,30-,31-,32-,33-,34-,35+,36-,37-,38-,39-,40+,41-,42-,43+,44+,45+,46+,47-,48-,49-,50-,51-,52-,53-,54-,55+,56-,57-,58+,59+,60+,61+,62+,63+,67+,68+,69+,70+/m0/s1. The summed E-state index contributed by atoms with van der Waals surface area (Å²) < 4.78 is 83.2. The van der Waals surface area contributed by atoms with Gasteiger partial charge >= 0.3 is 5.97 Å². The molecule has 0 aromatic carbocycles. The molecule has 0 aromatic heterocycles. The lowest BCUT2D eigenvalue weighted by molar-refractivity contribution is -0.382. The first kappa shape index (κ1) is 81.4. The molecule has 11 fully saturated rings. The number of carbonyl (C=O) groups excluding carboxylic acids is 1. The van der Waals surface area contributed by atoms with Crippen LogP contribution in [0.4, 0.5) is 0 Å². The summed E-state index contributed by atoms with van der Waals surface area (Å²) in [6.45, 7) is 15.6. The van der Waals surface area contributed by atoms with Gasteiger partial charge in [-0.1, -0.05) is 60.1 Å². The molecule has 34 nitrogen and oxygen atoms in total. The maximum Gasteiger partial charge on any atom is 0.315 e. The number of hydrogen-bond donors (Lipinski definition) is 19. The van der Waals surface area contributed by atoms with E-state index in [4.69, 9.17) is 66.3 Å². The van der Waals surface area contributed by atoms with E-state index in [-0.39, 0.29) is 40.6 Å². The van der Waals surface area contributed by atoms with Crippen molar-refractivity contribution in [3.63, 3.8) is 0 Å². The van der Waals surface area contributed by atoms with Gasteiger partial charge in [0, 0.05) is 0 Å². The maximum absolute atomic E-state index is 15.4. The van der Waals surface area contributed by atoms with E-state index >= 15 is 4.79 Å². The molecule has 41 atom stereocenters. The van der Waals surface area contributed by atoms with E-state index in [2.05, 4.69) is 54.5 Å². The highest BCUT2D eigenvalue weighted by Gasteiger charge is 2.71. The molecule has 4 saturated carbocycles. The number of aliphatic hydroxyl groups excluding tert-OH is 19. The molecule has 0 bridgehead atoms. The van der Waals surface area contributed by atoms with Crippen LogP contribution < -0.4 is 0 Å². The molecule has 12 rings (SSSR count). The van der Waals surface area contributed by atoms with Crippen LogP contribution in [0.5, 0.6) is 0 Å². The average molecular weight is 1500 g/mol. The Hall–Kier alpha value is -2.07. The predicted molar refractivity (Wildman–Crippen MR) is 346 cm³/mol. The number of rotatable bonds is 17. The van der Waals surface area contributed by atoms with E-state index in [1.807, 2.05) is 0 Å². The van der Waals surface area contributed by atoms with Gasteiger partial charge in [-0.15, -0.1) is 0 Å². The van der Waals surface area contributed by atoms with Crippen LogP contribution in [0.1, 0.15) is 127 Å². The minimum Gasteiger partial charge on any atom is -0.432 e. The molecule has 12 aliphatic rings. The second-order valence-electron chi connectivity index (χ2n) is 33.8. The van der Waals surface area contributed by atoms with Gasteiger partial charge in [-0.25, -0.2) is 0 Å². The minimum atomic E-state index is -1.92. The molecule has 7 heterocycles. The summed E-state index contributed by atoms with van der Waals surface area (Å²) in [5.74, 6) is -0.720. The highest BCUT2D eigenvalue weighted by Crippen LogP contribution is 2.76. The highest BCUT2D eigenvalue weighted by atomic mass is 16.8. The van der Waals surface area contributed by atoms with Crippen molar-refractivity contribution in [1.82, 2.24) is 0 Å². The number of fused-ring (bicyclic) bond motifs is 7. The number of carbonyl (C=O) groups is 1. The Labute approximate surface area is 602 Å². The maximum atomic E-state index is 15.4. The molecule has 0 spiro atoms. The van der Waals surface area contributed by atoms with Crippen molar-refractivity contribution in [1.29, 1.82) is 0 Å². The van der Waals surface area contributed by atoms with E-state index in [0.29, 0.717) is 44.9 Å². The van der Waals surface area contributed by atoms with Crippen LogP contribution >= 0.6 is 0 Å². The topological polar surface area (TPSA) is 531 Å². The third-order valence-electron chi connectivity index (χ3n) is 26.9. The summed E-state index contributed by atoms with van der Waals surface area (Å²) in [6.07, 6.45) is -45.9. The Kier molecular flexibility index (Phi) is 24.1. The molecule has 0 amide bonds. The van der Waals surface area contributed by atoms with Crippen LogP contribution in [-0.4, -0.2) is 345 Å². The minimum absolute atomic E-state index is 0.0702. The second kappa shape index (κ2) is 30.8. The van der Waals surface area contributed by atoms with Crippen LogP contribution in [0.25, 0.3) is 0 Å². The first-order valence-electron chi connectivity index (χ1n) is 36.9. The van der Waals surface area contributed by atoms with Crippen molar-refractivity contribution in [3.8, 4) is 0 Å². The lowest BCUT2D eigenvalue weighted by Crippen LogP contribution is -2.66. The molecule has 598 valence electrons. The molecule has 7 aliphatic heterocycles. The van der Waals surface area contributed by atoms with Gasteiger partial charge in [0.2, 0.25) is 6.29 Å². The predicted octanol–water partition coefficient (Wildman–Crippen LogP) is -5.23. The van der Waals surface area contributed by atoms with Crippen LogP contribution in [0.3, 0.4) is 0 Å². The third kappa shape index (κ3) is 14.3. The van der Waals surface area contributed by atoms with E-state index in [0.717, 1.165) is 19.3 Å². The molecule has 104 heavy (non-hydrogen) atoms. The van der Waals surface area contributed by atoms with Gasteiger partial charge in [-0.3, -0.25) is 4.79 Å². The second-order valence-corrected chi connectivity index (χ2v) is 33.8. The first-order valence-corrected chi connectivity index (χ1v) is 36.9. The normalized spacial score (nSPS) is 54.7. The Morgan fingerprint density at radius 2 is 1.01 bits per heavy atom.